The van der Waals surface area contributed by atoms with Crippen molar-refractivity contribution in [2.24, 2.45) is 13.0 Å². The van der Waals surface area contributed by atoms with E-state index in [-0.39, 0.29) is 24.0 Å². The number of carbonyl (C=O) groups is 1. The quantitative estimate of drug-likeness (QED) is 0.891. The number of benzene rings is 1. The van der Waals surface area contributed by atoms with E-state index in [0.29, 0.717) is 25.0 Å². The minimum atomic E-state index is -0.262. The highest BCUT2D eigenvalue weighted by molar-refractivity contribution is 5.95. The maximum atomic E-state index is 12.8. The number of aromatic nitrogens is 2. The highest BCUT2D eigenvalue weighted by atomic mass is 16.5. The van der Waals surface area contributed by atoms with Crippen molar-refractivity contribution < 1.29 is 14.6 Å². The molecule has 0 spiro atoms. The average molecular weight is 341 g/mol. The first-order valence-corrected chi connectivity index (χ1v) is 8.76. The van der Waals surface area contributed by atoms with Crippen LogP contribution in [-0.2, 0) is 13.5 Å². The van der Waals surface area contributed by atoms with Gasteiger partial charge >= 0.3 is 0 Å². The van der Waals surface area contributed by atoms with Crippen LogP contribution in [-0.4, -0.2) is 33.5 Å². The SMILES string of the molecule is Cc1nn(C)cc1C(=O)NC(c1ccc2c(c1)CCO2)C1CC(O)C1. The van der Waals surface area contributed by atoms with E-state index in [0.717, 1.165) is 23.4 Å². The number of hydrogen-bond acceptors (Lipinski definition) is 4. The van der Waals surface area contributed by atoms with Crippen molar-refractivity contribution in [2.45, 2.75) is 38.3 Å². The molecule has 6 heteroatoms. The molecule has 1 atom stereocenters. The van der Waals surface area contributed by atoms with Crippen molar-refractivity contribution in [1.82, 2.24) is 15.1 Å². The molecule has 0 bridgehead atoms. The summed E-state index contributed by atoms with van der Waals surface area (Å²) in [5.74, 6) is 1.07. The summed E-state index contributed by atoms with van der Waals surface area (Å²) in [6.07, 6.45) is 3.81. The average Bonchev–Trinajstić information content (AvgIpc) is 3.14. The second-order valence-corrected chi connectivity index (χ2v) is 7.10. The lowest BCUT2D eigenvalue weighted by Gasteiger charge is -2.38. The molecule has 1 aromatic carbocycles. The van der Waals surface area contributed by atoms with Gasteiger partial charge in [-0.1, -0.05) is 6.07 Å². The van der Waals surface area contributed by atoms with Crippen LogP contribution in [0.25, 0.3) is 0 Å². The fraction of sp³-hybridized carbons (Fsp3) is 0.474. The molecule has 2 heterocycles. The molecule has 2 aliphatic rings. The first kappa shape index (κ1) is 16.1. The van der Waals surface area contributed by atoms with Crippen LogP contribution < -0.4 is 10.1 Å². The van der Waals surface area contributed by atoms with E-state index in [1.54, 1.807) is 10.9 Å². The van der Waals surface area contributed by atoms with Crippen LogP contribution in [0.3, 0.4) is 0 Å². The predicted octanol–water partition coefficient (Wildman–Crippen LogP) is 1.91. The van der Waals surface area contributed by atoms with Crippen LogP contribution in [0.15, 0.2) is 24.4 Å². The second-order valence-electron chi connectivity index (χ2n) is 7.10. The van der Waals surface area contributed by atoms with E-state index < -0.39 is 0 Å². The number of rotatable bonds is 4. The van der Waals surface area contributed by atoms with Crippen molar-refractivity contribution in [2.75, 3.05) is 6.61 Å². The van der Waals surface area contributed by atoms with Crippen LogP contribution in [0, 0.1) is 12.8 Å². The van der Waals surface area contributed by atoms with Gasteiger partial charge in [-0.15, -0.1) is 0 Å². The van der Waals surface area contributed by atoms with Gasteiger partial charge < -0.3 is 15.2 Å². The first-order valence-electron chi connectivity index (χ1n) is 8.76. The molecule has 1 aliphatic heterocycles. The Hall–Kier alpha value is -2.34. The summed E-state index contributed by atoms with van der Waals surface area (Å²) in [5.41, 5.74) is 3.58. The van der Waals surface area contributed by atoms with Crippen LogP contribution in [0.1, 0.15) is 46.1 Å². The lowest BCUT2D eigenvalue weighted by Crippen LogP contribution is -2.41. The molecule has 132 valence electrons. The van der Waals surface area contributed by atoms with Gasteiger partial charge in [0.1, 0.15) is 5.75 Å². The van der Waals surface area contributed by atoms with Crippen LogP contribution >= 0.6 is 0 Å². The fourth-order valence-corrected chi connectivity index (χ4v) is 3.82. The molecule has 1 unspecified atom stereocenters. The molecule has 2 aromatic rings. The number of aliphatic hydroxyl groups excluding tert-OH is 1. The van der Waals surface area contributed by atoms with Crippen LogP contribution in [0.4, 0.5) is 0 Å². The van der Waals surface area contributed by atoms with Crippen molar-refractivity contribution in [1.29, 1.82) is 0 Å². The third-order valence-corrected chi connectivity index (χ3v) is 5.24. The number of aryl methyl sites for hydroxylation is 2. The molecule has 1 aliphatic carbocycles. The monoisotopic (exact) mass is 341 g/mol. The van der Waals surface area contributed by atoms with Gasteiger partial charge in [0.05, 0.1) is 30.0 Å². The Kier molecular flexibility index (Phi) is 4.00. The number of aliphatic hydroxyl groups is 1. The summed E-state index contributed by atoms with van der Waals surface area (Å²) in [6.45, 7) is 2.55. The van der Waals surface area contributed by atoms with Gasteiger partial charge in [-0.2, -0.15) is 5.10 Å². The predicted molar refractivity (Wildman–Crippen MR) is 92.5 cm³/mol. The van der Waals surface area contributed by atoms with Crippen molar-refractivity contribution in [3.63, 3.8) is 0 Å². The molecule has 1 saturated carbocycles. The molecular weight excluding hydrogens is 318 g/mol. The van der Waals surface area contributed by atoms with Crippen LogP contribution in [0.5, 0.6) is 5.75 Å². The molecule has 1 fully saturated rings. The number of hydrogen-bond donors (Lipinski definition) is 2. The molecule has 4 rings (SSSR count). The second kappa shape index (κ2) is 6.19. The summed E-state index contributed by atoms with van der Waals surface area (Å²) < 4.78 is 7.23. The lowest BCUT2D eigenvalue weighted by molar-refractivity contribution is 0.0235. The standard InChI is InChI=1S/C19H23N3O3/c1-11-16(10-22(2)21-11)19(24)20-18(14-8-15(23)9-14)13-3-4-17-12(7-13)5-6-25-17/h3-4,7,10,14-15,18,23H,5-6,8-9H2,1-2H3,(H,20,24). The lowest BCUT2D eigenvalue weighted by atomic mass is 9.74. The van der Waals surface area contributed by atoms with E-state index >= 15 is 0 Å². The fourth-order valence-electron chi connectivity index (χ4n) is 3.82. The van der Waals surface area contributed by atoms with Gasteiger partial charge in [0, 0.05) is 19.7 Å². The van der Waals surface area contributed by atoms with E-state index in [1.165, 1.54) is 5.56 Å². The van der Waals surface area contributed by atoms with Gasteiger partial charge in [0.2, 0.25) is 0 Å². The van der Waals surface area contributed by atoms with E-state index in [4.69, 9.17) is 4.74 Å². The Morgan fingerprint density at radius 2 is 2.24 bits per heavy atom. The van der Waals surface area contributed by atoms with E-state index in [9.17, 15) is 9.90 Å². The Morgan fingerprint density at radius 1 is 1.44 bits per heavy atom. The molecular formula is C19H23N3O3. The minimum absolute atomic E-state index is 0.110. The van der Waals surface area contributed by atoms with Crippen LogP contribution in [0.2, 0.25) is 0 Å². The zero-order chi connectivity index (χ0) is 17.6. The largest absolute Gasteiger partial charge is 0.493 e. The maximum absolute atomic E-state index is 12.8. The van der Waals surface area contributed by atoms with Gasteiger partial charge in [-0.25, -0.2) is 0 Å². The number of amides is 1. The van der Waals surface area contributed by atoms with Gasteiger partial charge in [-0.3, -0.25) is 9.48 Å². The summed E-state index contributed by atoms with van der Waals surface area (Å²) in [5, 5.41) is 17.1. The van der Waals surface area contributed by atoms with E-state index in [1.807, 2.05) is 26.1 Å². The number of carbonyl (C=O) groups excluding carboxylic acids is 1. The summed E-state index contributed by atoms with van der Waals surface area (Å²) in [7, 11) is 1.81. The molecule has 2 N–H and O–H groups in total. The Labute approximate surface area is 146 Å². The van der Waals surface area contributed by atoms with Gasteiger partial charge in [0.15, 0.2) is 0 Å². The highest BCUT2D eigenvalue weighted by Crippen LogP contribution is 2.40. The zero-order valence-corrected chi connectivity index (χ0v) is 14.5. The number of nitrogens with zero attached hydrogens (tertiary/aromatic N) is 2. The molecule has 1 aromatic heterocycles. The Bertz CT molecular complexity index is 808. The number of fused-ring (bicyclic) bond motifs is 1. The molecule has 0 saturated heterocycles. The summed E-state index contributed by atoms with van der Waals surface area (Å²) in [4.78, 5) is 12.8. The van der Waals surface area contributed by atoms with Gasteiger partial charge in [0.25, 0.3) is 5.91 Å². The normalized spacial score (nSPS) is 22.7. The van der Waals surface area contributed by atoms with E-state index in [2.05, 4.69) is 16.5 Å². The smallest absolute Gasteiger partial charge is 0.255 e. The minimum Gasteiger partial charge on any atom is -0.493 e. The highest BCUT2D eigenvalue weighted by Gasteiger charge is 2.36. The van der Waals surface area contributed by atoms with Gasteiger partial charge in [-0.05, 0) is 48.9 Å². The maximum Gasteiger partial charge on any atom is 0.255 e. The summed E-state index contributed by atoms with van der Waals surface area (Å²) in [6, 6.07) is 6.03. The Morgan fingerprint density at radius 3 is 2.92 bits per heavy atom. The Balaban J connectivity index is 1.60. The number of nitrogens with one attached hydrogen (secondary N) is 1. The molecule has 0 radical (unpaired) electrons. The number of ether oxygens (including phenoxy) is 1. The molecule has 1 amide bonds. The topological polar surface area (TPSA) is 76.4 Å². The third-order valence-electron chi connectivity index (χ3n) is 5.24. The van der Waals surface area contributed by atoms with Crippen molar-refractivity contribution in [3.8, 4) is 5.75 Å². The van der Waals surface area contributed by atoms with Crippen molar-refractivity contribution >= 4 is 5.91 Å². The first-order chi connectivity index (χ1) is 12.0. The molecule has 6 nitrogen and oxygen atoms in total. The third kappa shape index (κ3) is 3.02. The zero-order valence-electron chi connectivity index (χ0n) is 14.5. The summed E-state index contributed by atoms with van der Waals surface area (Å²) >= 11 is 0. The van der Waals surface area contributed by atoms with Crippen molar-refractivity contribution in [3.05, 3.63) is 46.8 Å². The molecule has 25 heavy (non-hydrogen) atoms.